The highest BCUT2D eigenvalue weighted by Gasteiger charge is 2.09. The monoisotopic (exact) mass is 232 g/mol. The summed E-state index contributed by atoms with van der Waals surface area (Å²) in [6.07, 6.45) is 0. The highest BCUT2D eigenvalue weighted by atomic mass is 32.1. The minimum atomic E-state index is -0.159. The summed E-state index contributed by atoms with van der Waals surface area (Å²) < 4.78 is 4.06. The van der Waals surface area contributed by atoms with E-state index in [1.165, 1.54) is 17.1 Å². The van der Waals surface area contributed by atoms with Gasteiger partial charge in [-0.1, -0.05) is 17.7 Å². The minimum Gasteiger partial charge on any atom is -0.321 e. The van der Waals surface area contributed by atoms with E-state index in [2.05, 4.69) is 9.69 Å². The number of rotatable bonds is 2. The van der Waals surface area contributed by atoms with Crippen molar-refractivity contribution in [3.8, 4) is 0 Å². The molecule has 0 bridgehead atoms. The van der Waals surface area contributed by atoms with Gasteiger partial charge in [-0.05, 0) is 43.6 Å². The van der Waals surface area contributed by atoms with E-state index in [0.29, 0.717) is 5.69 Å². The molecule has 0 saturated heterocycles. The molecule has 2 rings (SSSR count). The van der Waals surface area contributed by atoms with Gasteiger partial charge in [-0.3, -0.25) is 4.79 Å². The van der Waals surface area contributed by atoms with E-state index >= 15 is 0 Å². The Hall–Kier alpha value is -1.68. The fourth-order valence-electron chi connectivity index (χ4n) is 1.31. The van der Waals surface area contributed by atoms with Crippen molar-refractivity contribution < 1.29 is 4.79 Å². The van der Waals surface area contributed by atoms with Gasteiger partial charge in [-0.2, -0.15) is 4.37 Å². The maximum Gasteiger partial charge on any atom is 0.275 e. The summed E-state index contributed by atoms with van der Waals surface area (Å²) in [4.78, 5) is 12.8. The Morgan fingerprint density at radius 1 is 1.25 bits per heavy atom. The zero-order chi connectivity index (χ0) is 11.5. The summed E-state index contributed by atoms with van der Waals surface area (Å²) in [5.74, 6) is -0.159. The lowest BCUT2D eigenvalue weighted by Gasteiger charge is -2.02. The SMILES string of the molecule is Cc1ccc(NC(=O)c2cc(C)sn2)cc1. The lowest BCUT2D eigenvalue weighted by atomic mass is 10.2. The molecule has 0 aliphatic rings. The second kappa shape index (κ2) is 4.45. The normalized spacial score (nSPS) is 10.1. The van der Waals surface area contributed by atoms with E-state index in [0.717, 1.165) is 10.6 Å². The fourth-order valence-corrected chi connectivity index (χ4v) is 1.85. The molecule has 0 aliphatic carbocycles. The number of anilines is 1. The van der Waals surface area contributed by atoms with Crippen LogP contribution in [0.25, 0.3) is 0 Å². The van der Waals surface area contributed by atoms with E-state index in [-0.39, 0.29) is 5.91 Å². The van der Waals surface area contributed by atoms with Crippen LogP contribution in [0.4, 0.5) is 5.69 Å². The van der Waals surface area contributed by atoms with Gasteiger partial charge in [0, 0.05) is 10.6 Å². The van der Waals surface area contributed by atoms with Crippen LogP contribution in [-0.4, -0.2) is 10.3 Å². The Labute approximate surface area is 98.3 Å². The fraction of sp³-hybridized carbons (Fsp3) is 0.167. The number of hydrogen-bond acceptors (Lipinski definition) is 3. The third kappa shape index (κ3) is 2.46. The number of carbonyl (C=O) groups excluding carboxylic acids is 1. The van der Waals surface area contributed by atoms with Gasteiger partial charge in [-0.25, -0.2) is 0 Å². The van der Waals surface area contributed by atoms with Gasteiger partial charge in [-0.15, -0.1) is 0 Å². The molecule has 16 heavy (non-hydrogen) atoms. The molecule has 0 saturated carbocycles. The molecular formula is C12H12N2OS. The third-order valence-electron chi connectivity index (χ3n) is 2.17. The molecule has 0 radical (unpaired) electrons. The molecule has 0 spiro atoms. The Kier molecular flexibility index (Phi) is 3.01. The predicted octanol–water partition coefficient (Wildman–Crippen LogP) is 3.01. The highest BCUT2D eigenvalue weighted by molar-refractivity contribution is 7.05. The van der Waals surface area contributed by atoms with Crippen molar-refractivity contribution >= 4 is 23.1 Å². The maximum absolute atomic E-state index is 11.7. The van der Waals surface area contributed by atoms with Crippen LogP contribution in [0, 0.1) is 13.8 Å². The van der Waals surface area contributed by atoms with Crippen molar-refractivity contribution in [3.05, 3.63) is 46.5 Å². The molecule has 0 unspecified atom stereocenters. The van der Waals surface area contributed by atoms with Crippen LogP contribution in [0.5, 0.6) is 0 Å². The van der Waals surface area contributed by atoms with E-state index < -0.39 is 0 Å². The number of nitrogens with zero attached hydrogens (tertiary/aromatic N) is 1. The van der Waals surface area contributed by atoms with Crippen LogP contribution in [0.3, 0.4) is 0 Å². The number of aromatic nitrogens is 1. The van der Waals surface area contributed by atoms with Gasteiger partial charge >= 0.3 is 0 Å². The Morgan fingerprint density at radius 3 is 2.50 bits per heavy atom. The van der Waals surface area contributed by atoms with Crippen LogP contribution in [0.2, 0.25) is 0 Å². The zero-order valence-corrected chi connectivity index (χ0v) is 9.97. The van der Waals surface area contributed by atoms with Gasteiger partial charge < -0.3 is 5.32 Å². The van der Waals surface area contributed by atoms with Gasteiger partial charge in [0.1, 0.15) is 5.69 Å². The topological polar surface area (TPSA) is 42.0 Å². The number of nitrogens with one attached hydrogen (secondary N) is 1. The second-order valence-corrected chi connectivity index (χ2v) is 4.65. The first-order valence-corrected chi connectivity index (χ1v) is 5.74. The second-order valence-electron chi connectivity index (χ2n) is 3.64. The third-order valence-corrected chi connectivity index (χ3v) is 2.86. The standard InChI is InChI=1S/C12H12N2OS/c1-8-3-5-10(6-4-8)13-12(15)11-7-9(2)16-14-11/h3-7H,1-2H3,(H,13,15). The summed E-state index contributed by atoms with van der Waals surface area (Å²) >= 11 is 1.33. The summed E-state index contributed by atoms with van der Waals surface area (Å²) in [6, 6.07) is 9.47. The molecule has 1 heterocycles. The van der Waals surface area contributed by atoms with Crippen molar-refractivity contribution in [2.24, 2.45) is 0 Å². The van der Waals surface area contributed by atoms with E-state index in [1.807, 2.05) is 38.1 Å². The average Bonchev–Trinajstić information content (AvgIpc) is 2.68. The number of carbonyl (C=O) groups is 1. The van der Waals surface area contributed by atoms with E-state index in [9.17, 15) is 4.79 Å². The highest BCUT2D eigenvalue weighted by Crippen LogP contribution is 2.12. The van der Waals surface area contributed by atoms with Gasteiger partial charge in [0.05, 0.1) is 0 Å². The summed E-state index contributed by atoms with van der Waals surface area (Å²) in [6.45, 7) is 3.94. The molecule has 0 fully saturated rings. The summed E-state index contributed by atoms with van der Waals surface area (Å²) in [5, 5.41) is 2.80. The van der Waals surface area contributed by atoms with Crippen molar-refractivity contribution in [3.63, 3.8) is 0 Å². The van der Waals surface area contributed by atoms with E-state index in [1.54, 1.807) is 6.07 Å². The first-order valence-electron chi connectivity index (χ1n) is 4.96. The van der Waals surface area contributed by atoms with E-state index in [4.69, 9.17) is 0 Å². The lowest BCUT2D eigenvalue weighted by Crippen LogP contribution is -2.11. The smallest absolute Gasteiger partial charge is 0.275 e. The minimum absolute atomic E-state index is 0.159. The quantitative estimate of drug-likeness (QED) is 0.864. The maximum atomic E-state index is 11.7. The molecular weight excluding hydrogens is 220 g/mol. The van der Waals surface area contributed by atoms with Crippen LogP contribution in [-0.2, 0) is 0 Å². The molecule has 1 amide bonds. The first kappa shape index (κ1) is 10.8. The Bertz CT molecular complexity index is 502. The van der Waals surface area contributed by atoms with Crippen molar-refractivity contribution in [2.75, 3.05) is 5.32 Å². The van der Waals surface area contributed by atoms with Crippen LogP contribution < -0.4 is 5.32 Å². The first-order chi connectivity index (χ1) is 7.65. The Balaban J connectivity index is 2.10. The Morgan fingerprint density at radius 2 is 1.94 bits per heavy atom. The van der Waals surface area contributed by atoms with Crippen LogP contribution in [0.1, 0.15) is 20.9 Å². The summed E-state index contributed by atoms with van der Waals surface area (Å²) in [7, 11) is 0. The molecule has 2 aromatic rings. The number of benzene rings is 1. The van der Waals surface area contributed by atoms with Gasteiger partial charge in [0.15, 0.2) is 0 Å². The number of amides is 1. The number of hydrogen-bond donors (Lipinski definition) is 1. The van der Waals surface area contributed by atoms with Crippen molar-refractivity contribution in [2.45, 2.75) is 13.8 Å². The number of aryl methyl sites for hydroxylation is 2. The molecule has 1 N–H and O–H groups in total. The van der Waals surface area contributed by atoms with Gasteiger partial charge in [0.25, 0.3) is 5.91 Å². The largest absolute Gasteiger partial charge is 0.321 e. The average molecular weight is 232 g/mol. The van der Waals surface area contributed by atoms with Crippen LogP contribution in [0.15, 0.2) is 30.3 Å². The molecule has 0 aliphatic heterocycles. The lowest BCUT2D eigenvalue weighted by molar-refractivity contribution is 0.102. The van der Waals surface area contributed by atoms with Gasteiger partial charge in [0.2, 0.25) is 0 Å². The zero-order valence-electron chi connectivity index (χ0n) is 9.15. The molecule has 3 nitrogen and oxygen atoms in total. The molecule has 0 atom stereocenters. The van der Waals surface area contributed by atoms with Crippen molar-refractivity contribution in [1.29, 1.82) is 0 Å². The molecule has 1 aromatic heterocycles. The summed E-state index contributed by atoms with van der Waals surface area (Å²) in [5.41, 5.74) is 2.44. The van der Waals surface area contributed by atoms with Crippen LogP contribution >= 0.6 is 11.5 Å². The van der Waals surface area contributed by atoms with Crippen molar-refractivity contribution in [1.82, 2.24) is 4.37 Å². The molecule has 4 heteroatoms. The predicted molar refractivity (Wildman–Crippen MR) is 66.0 cm³/mol. The molecule has 1 aromatic carbocycles. The molecule has 82 valence electrons.